The van der Waals surface area contributed by atoms with Gasteiger partial charge >= 0.3 is 0 Å². The van der Waals surface area contributed by atoms with E-state index in [1.165, 1.54) is 43.0 Å². The van der Waals surface area contributed by atoms with Crippen molar-refractivity contribution in [2.24, 2.45) is 28.2 Å². The third kappa shape index (κ3) is 3.12. The minimum Gasteiger partial charge on any atom is -0.362 e. The molecule has 4 atom stereocenters. The Kier molecular flexibility index (Phi) is 3.85. The number of fused-ring (bicyclic) bond motifs is 2. The minimum absolute atomic E-state index is 0.341. The number of thioether (sulfide) groups is 1. The number of nitrogens with one attached hydrogen (secondary N) is 1. The van der Waals surface area contributed by atoms with Crippen molar-refractivity contribution in [1.29, 1.82) is 0 Å². The molecule has 2 bridgehead atoms. The van der Waals surface area contributed by atoms with Crippen LogP contribution in [-0.2, 0) is 0 Å². The highest BCUT2D eigenvalue weighted by Crippen LogP contribution is 2.48. The van der Waals surface area contributed by atoms with Crippen LogP contribution in [0.4, 0.5) is 0 Å². The number of aliphatic imine (C=N–C) groups is 1. The molecule has 3 aliphatic rings. The summed E-state index contributed by atoms with van der Waals surface area (Å²) in [4.78, 5) is 4.92. The maximum atomic E-state index is 4.92. The van der Waals surface area contributed by atoms with E-state index in [-0.39, 0.29) is 0 Å². The molecule has 0 aromatic carbocycles. The first-order valence-electron chi connectivity index (χ1n) is 7.96. The van der Waals surface area contributed by atoms with Crippen LogP contribution in [0.15, 0.2) is 4.99 Å². The molecule has 3 heteroatoms. The third-order valence-electron chi connectivity index (χ3n) is 5.34. The van der Waals surface area contributed by atoms with Crippen LogP contribution in [0.5, 0.6) is 0 Å². The Balaban J connectivity index is 1.55. The van der Waals surface area contributed by atoms with Crippen LogP contribution in [-0.4, -0.2) is 23.5 Å². The maximum absolute atomic E-state index is 4.92. The van der Waals surface area contributed by atoms with Gasteiger partial charge in [0, 0.05) is 18.3 Å². The van der Waals surface area contributed by atoms with Crippen LogP contribution >= 0.6 is 11.8 Å². The molecule has 0 radical (unpaired) electrons. The summed E-state index contributed by atoms with van der Waals surface area (Å²) in [5.74, 6) is 4.17. The summed E-state index contributed by atoms with van der Waals surface area (Å²) in [7, 11) is 0. The van der Waals surface area contributed by atoms with Crippen LogP contribution < -0.4 is 5.32 Å². The quantitative estimate of drug-likeness (QED) is 0.829. The zero-order valence-corrected chi connectivity index (χ0v) is 13.4. The second-order valence-electron chi connectivity index (χ2n) is 7.78. The summed E-state index contributed by atoms with van der Waals surface area (Å²) in [5, 5.41) is 4.89. The molecule has 2 aliphatic carbocycles. The van der Waals surface area contributed by atoms with Crippen LogP contribution in [0.2, 0.25) is 0 Å². The molecular weight excluding hydrogens is 252 g/mol. The molecule has 4 unspecified atom stereocenters. The van der Waals surface area contributed by atoms with E-state index in [1.54, 1.807) is 0 Å². The van der Waals surface area contributed by atoms with Gasteiger partial charge in [-0.15, -0.1) is 0 Å². The molecule has 2 saturated carbocycles. The highest BCUT2D eigenvalue weighted by molar-refractivity contribution is 8.13. The maximum Gasteiger partial charge on any atom is 0.156 e. The number of hydrogen-bond acceptors (Lipinski definition) is 2. The molecule has 0 aromatic heterocycles. The van der Waals surface area contributed by atoms with Gasteiger partial charge in [-0.3, -0.25) is 4.99 Å². The standard InChI is InChI=1S/C16H28N2S/c1-16(2,3)14-6-7-19-15(18-14)17-10-13-9-11-4-5-12(13)8-11/h11-14H,4-10H2,1-3H3,(H,17,18). The molecule has 1 heterocycles. The second kappa shape index (κ2) is 5.31. The van der Waals surface area contributed by atoms with Gasteiger partial charge in [0.25, 0.3) is 0 Å². The lowest BCUT2D eigenvalue weighted by atomic mass is 9.85. The van der Waals surface area contributed by atoms with Crippen LogP contribution in [0, 0.1) is 23.2 Å². The SMILES string of the molecule is CC(C)(C)C1CCSC(=NCC2CC3CCC2C3)N1. The summed E-state index contributed by atoms with van der Waals surface area (Å²) in [6.45, 7) is 8.06. The largest absolute Gasteiger partial charge is 0.362 e. The van der Waals surface area contributed by atoms with E-state index in [4.69, 9.17) is 4.99 Å². The van der Waals surface area contributed by atoms with Crippen molar-refractivity contribution >= 4 is 16.9 Å². The van der Waals surface area contributed by atoms with Gasteiger partial charge in [-0.1, -0.05) is 39.0 Å². The van der Waals surface area contributed by atoms with Crippen molar-refractivity contribution in [2.45, 2.75) is 58.9 Å². The lowest BCUT2D eigenvalue weighted by molar-refractivity contribution is 0.289. The summed E-state index contributed by atoms with van der Waals surface area (Å²) < 4.78 is 0. The fourth-order valence-corrected chi connectivity index (χ4v) is 5.02. The normalized spacial score (nSPS) is 40.7. The number of nitrogens with zero attached hydrogens (tertiary/aromatic N) is 1. The fourth-order valence-electron chi connectivity index (χ4n) is 4.08. The Bertz CT molecular complexity index is 358. The smallest absolute Gasteiger partial charge is 0.156 e. The van der Waals surface area contributed by atoms with E-state index in [0.29, 0.717) is 11.5 Å². The monoisotopic (exact) mass is 280 g/mol. The van der Waals surface area contributed by atoms with Gasteiger partial charge in [0.2, 0.25) is 0 Å². The summed E-state index contributed by atoms with van der Waals surface area (Å²) in [6.07, 6.45) is 7.19. The van der Waals surface area contributed by atoms with Crippen molar-refractivity contribution < 1.29 is 0 Å². The fraction of sp³-hybridized carbons (Fsp3) is 0.938. The second-order valence-corrected chi connectivity index (χ2v) is 8.86. The van der Waals surface area contributed by atoms with E-state index >= 15 is 0 Å². The Hall–Kier alpha value is -0.180. The molecular formula is C16H28N2S. The van der Waals surface area contributed by atoms with Crippen LogP contribution in [0.25, 0.3) is 0 Å². The number of hydrogen-bond donors (Lipinski definition) is 1. The van der Waals surface area contributed by atoms with Crippen molar-refractivity contribution in [2.75, 3.05) is 12.3 Å². The third-order valence-corrected chi connectivity index (χ3v) is 6.30. The molecule has 19 heavy (non-hydrogen) atoms. The van der Waals surface area contributed by atoms with Crippen LogP contribution in [0.1, 0.15) is 52.9 Å². The highest BCUT2D eigenvalue weighted by atomic mass is 32.2. The van der Waals surface area contributed by atoms with Crippen molar-refractivity contribution in [1.82, 2.24) is 5.32 Å². The van der Waals surface area contributed by atoms with Gasteiger partial charge in [-0.25, -0.2) is 0 Å². The molecule has 0 amide bonds. The minimum atomic E-state index is 0.341. The number of amidine groups is 1. The van der Waals surface area contributed by atoms with Crippen molar-refractivity contribution in [3.05, 3.63) is 0 Å². The molecule has 1 aliphatic heterocycles. The molecule has 108 valence electrons. The molecule has 1 N–H and O–H groups in total. The Morgan fingerprint density at radius 3 is 2.68 bits per heavy atom. The zero-order valence-electron chi connectivity index (χ0n) is 12.6. The van der Waals surface area contributed by atoms with E-state index < -0.39 is 0 Å². The Labute approximate surface area is 122 Å². The first kappa shape index (κ1) is 13.8. The number of rotatable bonds is 2. The zero-order chi connectivity index (χ0) is 13.5. The molecule has 3 rings (SSSR count). The summed E-state index contributed by atoms with van der Waals surface area (Å²) in [6, 6.07) is 0.590. The van der Waals surface area contributed by atoms with Gasteiger partial charge in [0.15, 0.2) is 5.17 Å². The average Bonchev–Trinajstić information content (AvgIpc) is 2.98. The summed E-state index contributed by atoms with van der Waals surface area (Å²) in [5.41, 5.74) is 0.341. The predicted octanol–water partition coefficient (Wildman–Crippen LogP) is 3.92. The predicted molar refractivity (Wildman–Crippen MR) is 84.7 cm³/mol. The van der Waals surface area contributed by atoms with Gasteiger partial charge in [0.05, 0.1) is 0 Å². The Morgan fingerprint density at radius 2 is 2.05 bits per heavy atom. The van der Waals surface area contributed by atoms with Crippen LogP contribution in [0.3, 0.4) is 0 Å². The van der Waals surface area contributed by atoms with Crippen molar-refractivity contribution in [3.8, 4) is 0 Å². The molecule has 2 nitrogen and oxygen atoms in total. The van der Waals surface area contributed by atoms with Gasteiger partial charge in [-0.2, -0.15) is 0 Å². The average molecular weight is 280 g/mol. The molecule has 0 spiro atoms. The van der Waals surface area contributed by atoms with Gasteiger partial charge in [0.1, 0.15) is 0 Å². The molecule has 3 fully saturated rings. The van der Waals surface area contributed by atoms with E-state index in [2.05, 4.69) is 26.1 Å². The van der Waals surface area contributed by atoms with Gasteiger partial charge in [-0.05, 0) is 48.9 Å². The van der Waals surface area contributed by atoms with E-state index in [9.17, 15) is 0 Å². The Morgan fingerprint density at radius 1 is 1.21 bits per heavy atom. The lowest BCUT2D eigenvalue weighted by Crippen LogP contribution is -2.46. The summed E-state index contributed by atoms with van der Waals surface area (Å²) >= 11 is 1.93. The molecule has 0 aromatic rings. The van der Waals surface area contributed by atoms with Gasteiger partial charge < -0.3 is 5.32 Å². The van der Waals surface area contributed by atoms with E-state index in [0.717, 1.165) is 24.3 Å². The van der Waals surface area contributed by atoms with E-state index in [1.807, 2.05) is 11.8 Å². The van der Waals surface area contributed by atoms with Crippen molar-refractivity contribution in [3.63, 3.8) is 0 Å². The lowest BCUT2D eigenvalue weighted by Gasteiger charge is -2.35. The first-order chi connectivity index (χ1) is 9.02. The first-order valence-corrected chi connectivity index (χ1v) is 8.94. The molecule has 1 saturated heterocycles. The topological polar surface area (TPSA) is 24.4 Å². The highest BCUT2D eigenvalue weighted by Gasteiger charge is 2.39.